The number of thiazole rings is 1. The molecule has 0 aliphatic heterocycles. The van der Waals surface area contributed by atoms with Crippen LogP contribution in [0.1, 0.15) is 24.5 Å². The molecule has 0 radical (unpaired) electrons. The first-order valence-electron chi connectivity index (χ1n) is 8.44. The van der Waals surface area contributed by atoms with Crippen LogP contribution < -0.4 is 5.32 Å². The Morgan fingerprint density at radius 1 is 1.19 bits per heavy atom. The van der Waals surface area contributed by atoms with E-state index < -0.39 is 0 Å². The standard InChI is InChI=1S/C21H19ClN2OS/c1-2-5-15-8-10-17(11-9-15)19-14-26-21(23-19)24-20(25)13-12-16-6-3-4-7-18(16)22/h3-4,6-14H,2,5H2,1H3,(H,23,24,25). The molecule has 0 spiro atoms. The lowest BCUT2D eigenvalue weighted by molar-refractivity contribution is -0.111. The van der Waals surface area contributed by atoms with E-state index in [1.54, 1.807) is 12.1 Å². The zero-order valence-electron chi connectivity index (χ0n) is 14.4. The highest BCUT2D eigenvalue weighted by Gasteiger charge is 2.07. The molecule has 1 heterocycles. The molecule has 0 fully saturated rings. The summed E-state index contributed by atoms with van der Waals surface area (Å²) in [6.45, 7) is 2.17. The van der Waals surface area contributed by atoms with Crippen LogP contribution in [-0.4, -0.2) is 10.9 Å². The van der Waals surface area contributed by atoms with Gasteiger partial charge in [-0.3, -0.25) is 10.1 Å². The molecular weight excluding hydrogens is 364 g/mol. The summed E-state index contributed by atoms with van der Waals surface area (Å²) in [5.74, 6) is -0.232. The predicted octanol–water partition coefficient (Wildman–Crippen LogP) is 6.07. The number of carbonyl (C=O) groups excluding carboxylic acids is 1. The Hall–Kier alpha value is -2.43. The maximum Gasteiger partial charge on any atom is 0.250 e. The van der Waals surface area contributed by atoms with E-state index in [2.05, 4.69) is 41.5 Å². The van der Waals surface area contributed by atoms with E-state index in [4.69, 9.17) is 11.6 Å². The predicted molar refractivity (Wildman–Crippen MR) is 111 cm³/mol. The minimum Gasteiger partial charge on any atom is -0.298 e. The minimum atomic E-state index is -0.232. The number of carbonyl (C=O) groups is 1. The second-order valence-electron chi connectivity index (χ2n) is 5.83. The number of benzene rings is 2. The molecule has 3 nitrogen and oxygen atoms in total. The Morgan fingerprint density at radius 3 is 2.69 bits per heavy atom. The molecule has 3 aromatic rings. The van der Waals surface area contributed by atoms with Gasteiger partial charge in [0.25, 0.3) is 0 Å². The largest absolute Gasteiger partial charge is 0.298 e. The van der Waals surface area contributed by atoms with Crippen LogP contribution in [0.4, 0.5) is 5.13 Å². The number of aromatic nitrogens is 1. The van der Waals surface area contributed by atoms with Crippen LogP contribution in [0.25, 0.3) is 17.3 Å². The molecule has 132 valence electrons. The molecule has 0 saturated carbocycles. The van der Waals surface area contributed by atoms with Crippen molar-refractivity contribution in [2.24, 2.45) is 0 Å². The maximum atomic E-state index is 12.1. The highest BCUT2D eigenvalue weighted by molar-refractivity contribution is 7.14. The summed E-state index contributed by atoms with van der Waals surface area (Å²) < 4.78 is 0. The van der Waals surface area contributed by atoms with Crippen LogP contribution >= 0.6 is 22.9 Å². The molecule has 1 N–H and O–H groups in total. The van der Waals surface area contributed by atoms with Crippen molar-refractivity contribution < 1.29 is 4.79 Å². The van der Waals surface area contributed by atoms with Crippen LogP contribution in [0, 0.1) is 0 Å². The quantitative estimate of drug-likeness (QED) is 0.526. The summed E-state index contributed by atoms with van der Waals surface area (Å²) >= 11 is 7.49. The fraction of sp³-hybridized carbons (Fsp3) is 0.143. The summed E-state index contributed by atoms with van der Waals surface area (Å²) in [5, 5.41) is 5.92. The number of anilines is 1. The smallest absolute Gasteiger partial charge is 0.250 e. The summed E-state index contributed by atoms with van der Waals surface area (Å²) in [5.41, 5.74) is 4.04. The highest BCUT2D eigenvalue weighted by atomic mass is 35.5. The highest BCUT2D eigenvalue weighted by Crippen LogP contribution is 2.25. The van der Waals surface area contributed by atoms with Crippen molar-refractivity contribution in [1.82, 2.24) is 4.98 Å². The summed E-state index contributed by atoms with van der Waals surface area (Å²) in [7, 11) is 0. The van der Waals surface area contributed by atoms with Gasteiger partial charge in [-0.05, 0) is 29.7 Å². The maximum absolute atomic E-state index is 12.1. The second-order valence-corrected chi connectivity index (χ2v) is 7.09. The molecule has 1 amide bonds. The first kappa shape index (κ1) is 18.4. The average molecular weight is 383 g/mol. The number of rotatable bonds is 6. The molecule has 0 atom stereocenters. The van der Waals surface area contributed by atoms with Crippen molar-refractivity contribution in [1.29, 1.82) is 0 Å². The number of nitrogens with one attached hydrogen (secondary N) is 1. The lowest BCUT2D eigenvalue weighted by atomic mass is 10.1. The third-order valence-corrected chi connectivity index (χ3v) is 4.94. The lowest BCUT2D eigenvalue weighted by Gasteiger charge is -2.01. The van der Waals surface area contributed by atoms with E-state index in [0.29, 0.717) is 10.2 Å². The molecule has 0 bridgehead atoms. The number of aryl methyl sites for hydroxylation is 1. The number of nitrogens with zero attached hydrogens (tertiary/aromatic N) is 1. The topological polar surface area (TPSA) is 42.0 Å². The van der Waals surface area contributed by atoms with Gasteiger partial charge in [-0.1, -0.05) is 67.4 Å². The van der Waals surface area contributed by atoms with Gasteiger partial charge in [-0.25, -0.2) is 4.98 Å². The van der Waals surface area contributed by atoms with Crippen molar-refractivity contribution in [3.63, 3.8) is 0 Å². The third-order valence-electron chi connectivity index (χ3n) is 3.84. The molecule has 0 aliphatic rings. The Kier molecular flexibility index (Phi) is 6.21. The van der Waals surface area contributed by atoms with Gasteiger partial charge >= 0.3 is 0 Å². The van der Waals surface area contributed by atoms with E-state index >= 15 is 0 Å². The third kappa shape index (κ3) is 4.81. The Labute approximate surface area is 162 Å². The first-order valence-corrected chi connectivity index (χ1v) is 9.70. The monoisotopic (exact) mass is 382 g/mol. The molecule has 26 heavy (non-hydrogen) atoms. The fourth-order valence-electron chi connectivity index (χ4n) is 2.52. The molecule has 0 aliphatic carbocycles. The number of amides is 1. The van der Waals surface area contributed by atoms with E-state index in [-0.39, 0.29) is 5.91 Å². The SMILES string of the molecule is CCCc1ccc(-c2csc(NC(=O)C=Cc3ccccc3Cl)n2)cc1. The molecule has 0 saturated heterocycles. The van der Waals surface area contributed by atoms with Crippen LogP contribution in [0.3, 0.4) is 0 Å². The number of halogens is 1. The van der Waals surface area contributed by atoms with Crippen molar-refractivity contribution in [3.05, 3.63) is 76.1 Å². The van der Waals surface area contributed by atoms with Gasteiger partial charge in [0, 0.05) is 22.0 Å². The first-order chi connectivity index (χ1) is 12.7. The Bertz CT molecular complexity index is 916. The van der Waals surface area contributed by atoms with Crippen LogP contribution in [-0.2, 0) is 11.2 Å². The van der Waals surface area contributed by atoms with Crippen LogP contribution in [0.15, 0.2) is 60.0 Å². The summed E-state index contributed by atoms with van der Waals surface area (Å²) in [6.07, 6.45) is 5.37. The van der Waals surface area contributed by atoms with Gasteiger partial charge in [0.15, 0.2) is 5.13 Å². The van der Waals surface area contributed by atoms with Crippen LogP contribution in [0.2, 0.25) is 5.02 Å². The van der Waals surface area contributed by atoms with Crippen molar-refractivity contribution in [2.45, 2.75) is 19.8 Å². The van der Waals surface area contributed by atoms with Gasteiger partial charge in [0.2, 0.25) is 5.91 Å². The fourth-order valence-corrected chi connectivity index (χ4v) is 3.44. The zero-order valence-corrected chi connectivity index (χ0v) is 16.0. The number of hydrogen-bond acceptors (Lipinski definition) is 3. The lowest BCUT2D eigenvalue weighted by Crippen LogP contribution is -2.07. The Morgan fingerprint density at radius 2 is 1.96 bits per heavy atom. The molecular formula is C21H19ClN2OS. The van der Waals surface area contributed by atoms with Crippen molar-refractivity contribution >= 4 is 40.1 Å². The Balaban J connectivity index is 1.64. The molecule has 2 aromatic carbocycles. The van der Waals surface area contributed by atoms with E-state index in [1.165, 1.54) is 23.0 Å². The molecule has 3 rings (SSSR count). The summed E-state index contributed by atoms with van der Waals surface area (Å²) in [6, 6.07) is 15.8. The van der Waals surface area contributed by atoms with E-state index in [9.17, 15) is 4.79 Å². The van der Waals surface area contributed by atoms with Gasteiger partial charge < -0.3 is 0 Å². The molecule has 0 unspecified atom stereocenters. The second kappa shape index (κ2) is 8.79. The van der Waals surface area contributed by atoms with Gasteiger partial charge in [-0.15, -0.1) is 11.3 Å². The zero-order chi connectivity index (χ0) is 18.4. The van der Waals surface area contributed by atoms with Crippen molar-refractivity contribution in [3.8, 4) is 11.3 Å². The van der Waals surface area contributed by atoms with E-state index in [1.807, 2.05) is 23.6 Å². The normalized spacial score (nSPS) is 11.0. The molecule has 5 heteroatoms. The van der Waals surface area contributed by atoms with Crippen LogP contribution in [0.5, 0.6) is 0 Å². The summed E-state index contributed by atoms with van der Waals surface area (Å²) in [4.78, 5) is 16.6. The van der Waals surface area contributed by atoms with Gasteiger partial charge in [-0.2, -0.15) is 0 Å². The minimum absolute atomic E-state index is 0.232. The van der Waals surface area contributed by atoms with Gasteiger partial charge in [0.05, 0.1) is 5.69 Å². The van der Waals surface area contributed by atoms with Gasteiger partial charge in [0.1, 0.15) is 0 Å². The number of hydrogen-bond donors (Lipinski definition) is 1. The molecule has 1 aromatic heterocycles. The average Bonchev–Trinajstić information content (AvgIpc) is 3.10. The van der Waals surface area contributed by atoms with Crippen molar-refractivity contribution in [2.75, 3.05) is 5.32 Å². The van der Waals surface area contributed by atoms with E-state index in [0.717, 1.165) is 29.7 Å².